The van der Waals surface area contributed by atoms with Gasteiger partial charge in [-0.3, -0.25) is 13.9 Å². The van der Waals surface area contributed by atoms with Gasteiger partial charge in [0.05, 0.1) is 17.6 Å². The average Bonchev–Trinajstić information content (AvgIpc) is 3.36. The van der Waals surface area contributed by atoms with Gasteiger partial charge in [0, 0.05) is 13.1 Å². The molecule has 0 unspecified atom stereocenters. The van der Waals surface area contributed by atoms with Gasteiger partial charge in [0.15, 0.2) is 0 Å². The monoisotopic (exact) mass is 404 g/mol. The fourth-order valence-corrected chi connectivity index (χ4v) is 3.53. The average molecular weight is 404 g/mol. The molecule has 154 valence electrons. The van der Waals surface area contributed by atoms with E-state index in [4.69, 9.17) is 0 Å². The van der Waals surface area contributed by atoms with Crippen LogP contribution in [-0.4, -0.2) is 29.8 Å². The summed E-state index contributed by atoms with van der Waals surface area (Å²) in [7, 11) is 0. The molecule has 0 radical (unpaired) electrons. The van der Waals surface area contributed by atoms with Crippen molar-refractivity contribution in [3.05, 3.63) is 82.8 Å². The minimum absolute atomic E-state index is 0.000440. The molecule has 0 aliphatic heterocycles. The Morgan fingerprint density at radius 1 is 1.00 bits per heavy atom. The number of imidazole rings is 1. The molecule has 0 aliphatic carbocycles. The molecule has 2 aromatic carbocycles. The number of hydrogen-bond donors (Lipinski definition) is 1. The lowest BCUT2D eigenvalue weighted by Crippen LogP contribution is -2.32. The first-order chi connectivity index (χ1) is 14.7. The predicted molar refractivity (Wildman–Crippen MR) is 114 cm³/mol. The van der Waals surface area contributed by atoms with Crippen LogP contribution in [0.1, 0.15) is 24.5 Å². The van der Waals surface area contributed by atoms with Gasteiger partial charge in [-0.05, 0) is 29.7 Å². The third kappa shape index (κ3) is 4.17. The zero-order valence-corrected chi connectivity index (χ0v) is 16.9. The quantitative estimate of drug-likeness (QED) is 0.488. The SMILES string of the molecule is CCCn1c(=O)n(CC(=O)NCc2ccc(Cn3cncn3)cc2)c2ccccc21. The van der Waals surface area contributed by atoms with E-state index in [1.54, 1.807) is 20.1 Å². The lowest BCUT2D eigenvalue weighted by Gasteiger charge is -2.08. The number of fused-ring (bicyclic) bond motifs is 1. The Morgan fingerprint density at radius 3 is 2.37 bits per heavy atom. The van der Waals surface area contributed by atoms with Gasteiger partial charge in [0.2, 0.25) is 5.91 Å². The van der Waals surface area contributed by atoms with Crippen molar-refractivity contribution in [3.8, 4) is 0 Å². The number of para-hydroxylation sites is 2. The van der Waals surface area contributed by atoms with Crippen molar-refractivity contribution in [1.29, 1.82) is 0 Å². The minimum atomic E-state index is -0.191. The normalized spacial score (nSPS) is 11.1. The predicted octanol–water partition coefficient (Wildman–Crippen LogP) is 2.17. The lowest BCUT2D eigenvalue weighted by atomic mass is 10.1. The van der Waals surface area contributed by atoms with Crippen LogP contribution in [0.3, 0.4) is 0 Å². The van der Waals surface area contributed by atoms with Crippen molar-refractivity contribution in [1.82, 2.24) is 29.2 Å². The van der Waals surface area contributed by atoms with Crippen molar-refractivity contribution in [2.75, 3.05) is 0 Å². The van der Waals surface area contributed by atoms with Crippen LogP contribution >= 0.6 is 0 Å². The van der Waals surface area contributed by atoms with E-state index in [2.05, 4.69) is 15.4 Å². The van der Waals surface area contributed by atoms with E-state index in [-0.39, 0.29) is 18.1 Å². The highest BCUT2D eigenvalue weighted by Gasteiger charge is 2.14. The molecule has 30 heavy (non-hydrogen) atoms. The second-order valence-electron chi connectivity index (χ2n) is 7.20. The van der Waals surface area contributed by atoms with Gasteiger partial charge >= 0.3 is 5.69 Å². The fourth-order valence-electron chi connectivity index (χ4n) is 3.53. The van der Waals surface area contributed by atoms with Gasteiger partial charge in [-0.1, -0.05) is 43.3 Å². The van der Waals surface area contributed by atoms with Crippen molar-refractivity contribution in [2.45, 2.75) is 39.5 Å². The van der Waals surface area contributed by atoms with Crippen molar-refractivity contribution in [2.24, 2.45) is 0 Å². The maximum atomic E-state index is 12.8. The highest BCUT2D eigenvalue weighted by Crippen LogP contribution is 2.13. The second-order valence-corrected chi connectivity index (χ2v) is 7.20. The molecule has 2 heterocycles. The molecule has 8 nitrogen and oxygen atoms in total. The summed E-state index contributed by atoms with van der Waals surface area (Å²) in [6, 6.07) is 15.6. The first kappa shape index (κ1) is 19.6. The summed E-state index contributed by atoms with van der Waals surface area (Å²) < 4.78 is 5.03. The summed E-state index contributed by atoms with van der Waals surface area (Å²) in [6.45, 7) is 3.72. The van der Waals surface area contributed by atoms with Crippen LogP contribution in [0.4, 0.5) is 0 Å². The Morgan fingerprint density at radius 2 is 1.70 bits per heavy atom. The lowest BCUT2D eigenvalue weighted by molar-refractivity contribution is -0.121. The van der Waals surface area contributed by atoms with Gasteiger partial charge in [0.25, 0.3) is 0 Å². The molecule has 0 atom stereocenters. The second kappa shape index (κ2) is 8.77. The first-order valence-corrected chi connectivity index (χ1v) is 10.0. The smallest absolute Gasteiger partial charge is 0.329 e. The highest BCUT2D eigenvalue weighted by atomic mass is 16.2. The maximum Gasteiger partial charge on any atom is 0.329 e. The Hall–Kier alpha value is -3.68. The van der Waals surface area contributed by atoms with Crippen LogP contribution in [-0.2, 0) is 31.0 Å². The van der Waals surface area contributed by atoms with E-state index in [0.29, 0.717) is 19.6 Å². The van der Waals surface area contributed by atoms with E-state index in [1.165, 1.54) is 6.33 Å². The number of carbonyl (C=O) groups excluding carboxylic acids is 1. The molecule has 0 bridgehead atoms. The van der Waals surface area contributed by atoms with E-state index in [1.807, 2.05) is 55.5 Å². The van der Waals surface area contributed by atoms with E-state index in [0.717, 1.165) is 28.6 Å². The van der Waals surface area contributed by atoms with Crippen LogP contribution in [0.25, 0.3) is 11.0 Å². The molecule has 0 saturated carbocycles. The Bertz CT molecular complexity index is 1190. The van der Waals surface area contributed by atoms with Crippen molar-refractivity contribution >= 4 is 16.9 Å². The summed E-state index contributed by atoms with van der Waals surface area (Å²) in [6.07, 6.45) is 4.04. The van der Waals surface area contributed by atoms with E-state index >= 15 is 0 Å². The van der Waals surface area contributed by atoms with Gasteiger partial charge in [-0.25, -0.2) is 14.5 Å². The molecule has 0 aliphatic rings. The molecule has 0 saturated heterocycles. The molecule has 1 amide bonds. The van der Waals surface area contributed by atoms with Gasteiger partial charge in [0.1, 0.15) is 19.2 Å². The summed E-state index contributed by atoms with van der Waals surface area (Å²) in [5.74, 6) is -0.191. The Balaban J connectivity index is 1.41. The van der Waals surface area contributed by atoms with Crippen molar-refractivity contribution in [3.63, 3.8) is 0 Å². The summed E-state index contributed by atoms with van der Waals surface area (Å²) in [4.78, 5) is 29.3. The number of nitrogens with one attached hydrogen (secondary N) is 1. The van der Waals surface area contributed by atoms with Crippen molar-refractivity contribution < 1.29 is 4.79 Å². The van der Waals surface area contributed by atoms with Crippen LogP contribution in [0.5, 0.6) is 0 Å². The molecule has 0 fully saturated rings. The first-order valence-electron chi connectivity index (χ1n) is 10.0. The minimum Gasteiger partial charge on any atom is -0.350 e. The molecule has 0 spiro atoms. The highest BCUT2D eigenvalue weighted by molar-refractivity contribution is 5.80. The number of aryl methyl sites for hydroxylation is 1. The van der Waals surface area contributed by atoms with Gasteiger partial charge in [-0.15, -0.1) is 0 Å². The Kier molecular flexibility index (Phi) is 5.74. The number of carbonyl (C=O) groups is 1. The van der Waals surface area contributed by atoms with Crippen LogP contribution in [0.15, 0.2) is 66.0 Å². The number of benzene rings is 2. The number of amides is 1. The zero-order chi connectivity index (χ0) is 20.9. The molecule has 4 rings (SSSR count). The number of aromatic nitrogens is 5. The van der Waals surface area contributed by atoms with Crippen LogP contribution < -0.4 is 11.0 Å². The molecular weight excluding hydrogens is 380 g/mol. The summed E-state index contributed by atoms with van der Waals surface area (Å²) in [5.41, 5.74) is 3.59. The molecule has 4 aromatic rings. The third-order valence-corrected chi connectivity index (χ3v) is 5.00. The van der Waals surface area contributed by atoms with E-state index in [9.17, 15) is 9.59 Å². The molecule has 1 N–H and O–H groups in total. The van der Waals surface area contributed by atoms with Crippen LogP contribution in [0, 0.1) is 0 Å². The molecule has 2 aromatic heterocycles. The standard InChI is InChI=1S/C22H24N6O2/c1-2-11-27-19-5-3-4-6-20(19)28(22(27)30)14-21(29)24-12-17-7-9-18(10-8-17)13-26-16-23-15-25-26/h3-10,15-16H,2,11-14H2,1H3,(H,24,29). The number of nitrogens with zero attached hydrogens (tertiary/aromatic N) is 5. The maximum absolute atomic E-state index is 12.8. The summed E-state index contributed by atoms with van der Waals surface area (Å²) in [5, 5.41) is 7.00. The van der Waals surface area contributed by atoms with Gasteiger partial charge in [-0.2, -0.15) is 5.10 Å². The molecule has 8 heteroatoms. The van der Waals surface area contributed by atoms with Crippen LogP contribution in [0.2, 0.25) is 0 Å². The summed E-state index contributed by atoms with van der Waals surface area (Å²) >= 11 is 0. The molecular formula is C22H24N6O2. The number of hydrogen-bond acceptors (Lipinski definition) is 4. The largest absolute Gasteiger partial charge is 0.350 e. The number of rotatable bonds is 8. The van der Waals surface area contributed by atoms with E-state index < -0.39 is 0 Å². The zero-order valence-electron chi connectivity index (χ0n) is 16.9. The third-order valence-electron chi connectivity index (χ3n) is 5.00. The topological polar surface area (TPSA) is 86.7 Å². The van der Waals surface area contributed by atoms with Gasteiger partial charge < -0.3 is 5.32 Å². The fraction of sp³-hybridized carbons (Fsp3) is 0.273. The Labute approximate surface area is 173 Å².